The van der Waals surface area contributed by atoms with Crippen molar-refractivity contribution in [2.45, 2.75) is 59.0 Å². The van der Waals surface area contributed by atoms with Gasteiger partial charge in [0, 0.05) is 27.3 Å². The van der Waals surface area contributed by atoms with Crippen molar-refractivity contribution >= 4 is 29.7 Å². The van der Waals surface area contributed by atoms with Crippen LogP contribution >= 0.6 is 23.8 Å². The molecule has 0 spiro atoms. The van der Waals surface area contributed by atoms with E-state index in [0.717, 1.165) is 6.07 Å². The molecule has 1 amide bonds. The number of alkyl halides is 3. The lowest BCUT2D eigenvalue weighted by Crippen LogP contribution is -2.46. The third kappa shape index (κ3) is 7.52. The van der Waals surface area contributed by atoms with Gasteiger partial charge in [0.1, 0.15) is 18.5 Å². The van der Waals surface area contributed by atoms with Crippen molar-refractivity contribution in [2.75, 3.05) is 6.61 Å². The van der Waals surface area contributed by atoms with Crippen molar-refractivity contribution < 1.29 is 41.6 Å². The zero-order chi connectivity index (χ0) is 34.4. The van der Waals surface area contributed by atoms with E-state index in [9.17, 15) is 27.3 Å². The van der Waals surface area contributed by atoms with E-state index >= 15 is 0 Å². The first-order valence-corrected chi connectivity index (χ1v) is 16.6. The Morgan fingerprint density at radius 2 is 1.83 bits per heavy atom. The third-order valence-electron chi connectivity index (χ3n) is 7.47. The summed E-state index contributed by atoms with van der Waals surface area (Å²) in [5.41, 5.74) is 0.882. The summed E-state index contributed by atoms with van der Waals surface area (Å²) in [5, 5.41) is 4.51. The minimum absolute atomic E-state index is 0.103. The molecular formula is C30H30BrF3N5O7P. The molecular weight excluding hydrogens is 710 g/mol. The van der Waals surface area contributed by atoms with Gasteiger partial charge in [-0.15, -0.1) is 0 Å². The zero-order valence-corrected chi connectivity index (χ0v) is 28.0. The Kier molecular flexibility index (Phi) is 9.55. The molecule has 47 heavy (non-hydrogen) atoms. The Morgan fingerprint density at radius 1 is 1.15 bits per heavy atom. The van der Waals surface area contributed by atoms with Crippen molar-refractivity contribution in [3.63, 3.8) is 0 Å². The van der Waals surface area contributed by atoms with Crippen molar-refractivity contribution in [2.24, 2.45) is 0 Å². The topological polar surface area (TPSA) is 149 Å². The summed E-state index contributed by atoms with van der Waals surface area (Å²) in [6.07, 6.45) is -5.46. The molecule has 0 radical (unpaired) electrons. The normalized spacial score (nSPS) is 15.8. The average molecular weight is 740 g/mol. The fourth-order valence-electron chi connectivity index (χ4n) is 5.34. The van der Waals surface area contributed by atoms with Crippen LogP contribution in [0.15, 0.2) is 57.8 Å². The highest BCUT2D eigenvalue weighted by molar-refractivity contribution is 9.10. The molecule has 3 heterocycles. The predicted molar refractivity (Wildman–Crippen MR) is 167 cm³/mol. The molecule has 1 unspecified atom stereocenters. The summed E-state index contributed by atoms with van der Waals surface area (Å²) in [6, 6.07) is 10.9. The number of phosphoric acid groups is 1. The smallest absolute Gasteiger partial charge is 0.469 e. The Hall–Kier alpha value is -3.82. The molecule has 4 aromatic rings. The van der Waals surface area contributed by atoms with E-state index in [1.165, 1.54) is 33.2 Å². The number of aromatic nitrogens is 4. The Labute approximate surface area is 275 Å². The van der Waals surface area contributed by atoms with Crippen LogP contribution in [0.4, 0.5) is 13.2 Å². The SMILES string of the molecule is Cc1cc(C)n(-c2nc3c(c(=O)n2-c2ccc(OCC(C)OP(=O)(O)O)cc2)C[C@@H](C)N(C(=O)c2ccc(Br)c(C(F)(F)F)c2)C3)n1. The second-order valence-corrected chi connectivity index (χ2v) is 13.3. The summed E-state index contributed by atoms with van der Waals surface area (Å²) in [5.74, 6) is -0.136. The predicted octanol–water partition coefficient (Wildman–Crippen LogP) is 5.28. The van der Waals surface area contributed by atoms with Gasteiger partial charge in [-0.05, 0) is 82.6 Å². The first-order chi connectivity index (χ1) is 21.9. The highest BCUT2D eigenvalue weighted by atomic mass is 79.9. The van der Waals surface area contributed by atoms with E-state index in [2.05, 4.69) is 25.6 Å². The van der Waals surface area contributed by atoms with E-state index in [1.807, 2.05) is 0 Å². The van der Waals surface area contributed by atoms with E-state index < -0.39 is 43.2 Å². The third-order valence-corrected chi connectivity index (χ3v) is 8.80. The maximum atomic E-state index is 14.2. The Balaban J connectivity index is 1.52. The van der Waals surface area contributed by atoms with E-state index in [0.29, 0.717) is 34.1 Å². The molecule has 0 bridgehead atoms. The van der Waals surface area contributed by atoms with Gasteiger partial charge >= 0.3 is 14.0 Å². The molecule has 2 aromatic carbocycles. The molecule has 2 aromatic heterocycles. The van der Waals surface area contributed by atoms with Crippen molar-refractivity contribution in [1.29, 1.82) is 0 Å². The monoisotopic (exact) mass is 739 g/mol. The summed E-state index contributed by atoms with van der Waals surface area (Å²) in [4.78, 5) is 51.9. The zero-order valence-electron chi connectivity index (χ0n) is 25.5. The molecule has 17 heteroatoms. The van der Waals surface area contributed by atoms with Crippen molar-refractivity contribution in [1.82, 2.24) is 24.2 Å². The van der Waals surface area contributed by atoms with E-state index in [-0.39, 0.29) is 35.6 Å². The maximum Gasteiger partial charge on any atom is 0.469 e. The van der Waals surface area contributed by atoms with Gasteiger partial charge in [0.2, 0.25) is 5.95 Å². The Bertz CT molecular complexity index is 1940. The molecule has 0 saturated carbocycles. The molecule has 1 aliphatic heterocycles. The number of rotatable bonds is 8. The molecule has 2 atom stereocenters. The number of hydrogen-bond acceptors (Lipinski definition) is 7. The lowest BCUT2D eigenvalue weighted by atomic mass is 9.98. The average Bonchev–Trinajstić information content (AvgIpc) is 3.32. The van der Waals surface area contributed by atoms with E-state index in [1.54, 1.807) is 51.1 Å². The van der Waals surface area contributed by atoms with Gasteiger partial charge in [-0.25, -0.2) is 18.8 Å². The van der Waals surface area contributed by atoms with Crippen LogP contribution < -0.4 is 10.3 Å². The number of hydrogen-bond donors (Lipinski definition) is 2. The number of halogens is 4. The summed E-state index contributed by atoms with van der Waals surface area (Å²) >= 11 is 2.90. The van der Waals surface area contributed by atoms with Gasteiger partial charge in [-0.1, -0.05) is 15.9 Å². The molecule has 12 nitrogen and oxygen atoms in total. The highest BCUT2D eigenvalue weighted by Crippen LogP contribution is 2.38. The summed E-state index contributed by atoms with van der Waals surface area (Å²) < 4.78 is 64.6. The van der Waals surface area contributed by atoms with Crippen LogP contribution in [0.3, 0.4) is 0 Å². The minimum Gasteiger partial charge on any atom is -0.491 e. The van der Waals surface area contributed by atoms with Crippen LogP contribution in [0.25, 0.3) is 11.6 Å². The molecule has 0 saturated heterocycles. The molecule has 250 valence electrons. The van der Waals surface area contributed by atoms with Crippen LogP contribution in [0.2, 0.25) is 0 Å². The number of amides is 1. The number of nitrogens with zero attached hydrogens (tertiary/aromatic N) is 5. The second-order valence-electron chi connectivity index (χ2n) is 11.2. The van der Waals surface area contributed by atoms with Crippen LogP contribution in [0.1, 0.15) is 52.4 Å². The van der Waals surface area contributed by atoms with Gasteiger partial charge in [0.05, 0.1) is 29.2 Å². The number of ether oxygens (including phenoxy) is 1. The highest BCUT2D eigenvalue weighted by Gasteiger charge is 2.36. The van der Waals surface area contributed by atoms with Crippen LogP contribution in [0.5, 0.6) is 5.75 Å². The fourth-order valence-corrected chi connectivity index (χ4v) is 6.34. The van der Waals surface area contributed by atoms with Crippen LogP contribution in [-0.2, 0) is 28.2 Å². The van der Waals surface area contributed by atoms with Gasteiger partial charge in [0.15, 0.2) is 0 Å². The van der Waals surface area contributed by atoms with Gasteiger partial charge in [-0.3, -0.25) is 14.1 Å². The van der Waals surface area contributed by atoms with Crippen LogP contribution in [0, 0.1) is 13.8 Å². The van der Waals surface area contributed by atoms with Crippen molar-refractivity contribution in [3.05, 3.63) is 97.1 Å². The number of carbonyl (C=O) groups excluding carboxylic acids is 1. The van der Waals surface area contributed by atoms with E-state index in [4.69, 9.17) is 19.5 Å². The quantitative estimate of drug-likeness (QED) is 0.230. The number of aryl methyl sites for hydroxylation is 2. The number of carbonyl (C=O) groups is 1. The standard InChI is InChI=1S/C30H30BrF3N5O7P/c1-16-11-18(3)39(36-16)29-35-26-14-37(27(40)20-5-10-25(31)24(13-20)30(32,33)34)17(2)12-23(26)28(41)38(29)21-6-8-22(9-7-21)45-15-19(4)46-47(42,43)44/h5-11,13,17,19H,12,14-15H2,1-4H3,(H2,42,43,44)/t17-,19?/m1/s1. The van der Waals surface area contributed by atoms with Crippen LogP contribution in [-0.4, -0.2) is 58.7 Å². The Morgan fingerprint density at radius 3 is 2.43 bits per heavy atom. The summed E-state index contributed by atoms with van der Waals surface area (Å²) in [6.45, 7) is 6.47. The minimum atomic E-state index is -4.68. The van der Waals surface area contributed by atoms with Gasteiger partial charge < -0.3 is 19.4 Å². The number of phosphoric ester groups is 1. The molecule has 0 fully saturated rings. The first kappa shape index (κ1) is 34.5. The lowest BCUT2D eigenvalue weighted by Gasteiger charge is -2.34. The fraction of sp³-hybridized carbons (Fsp3) is 0.333. The molecule has 5 rings (SSSR count). The first-order valence-electron chi connectivity index (χ1n) is 14.3. The van der Waals surface area contributed by atoms with Gasteiger partial charge in [0.25, 0.3) is 11.5 Å². The molecule has 2 N–H and O–H groups in total. The number of benzene rings is 2. The molecule has 0 aliphatic carbocycles. The lowest BCUT2D eigenvalue weighted by molar-refractivity contribution is -0.138. The van der Waals surface area contributed by atoms with Gasteiger partial charge in [-0.2, -0.15) is 18.3 Å². The maximum absolute atomic E-state index is 14.2. The molecule has 1 aliphatic rings. The largest absolute Gasteiger partial charge is 0.491 e. The number of fused-ring (bicyclic) bond motifs is 1. The second kappa shape index (κ2) is 13.0. The summed E-state index contributed by atoms with van der Waals surface area (Å²) in [7, 11) is -4.68. The van der Waals surface area contributed by atoms with Crippen molar-refractivity contribution in [3.8, 4) is 17.4 Å².